The molecule has 10 nitrogen and oxygen atoms in total. The second kappa shape index (κ2) is 10.7. The van der Waals surface area contributed by atoms with Gasteiger partial charge in [-0.05, 0) is 53.7 Å². The van der Waals surface area contributed by atoms with Gasteiger partial charge in [-0.2, -0.15) is 4.90 Å². The second-order valence-corrected chi connectivity index (χ2v) is 8.51. The van der Waals surface area contributed by atoms with Gasteiger partial charge in [0.1, 0.15) is 16.9 Å². The van der Waals surface area contributed by atoms with Crippen LogP contribution in [0.4, 0.5) is 21.0 Å². The van der Waals surface area contributed by atoms with Crippen molar-refractivity contribution >= 4 is 35.5 Å². The summed E-state index contributed by atoms with van der Waals surface area (Å²) < 4.78 is 20.0. The van der Waals surface area contributed by atoms with Crippen molar-refractivity contribution in [3.63, 3.8) is 0 Å². The zero-order valence-electron chi connectivity index (χ0n) is 19.6. The highest BCUT2D eigenvalue weighted by Crippen LogP contribution is 2.30. The summed E-state index contributed by atoms with van der Waals surface area (Å²) in [5.41, 5.74) is -1.93. The van der Waals surface area contributed by atoms with Crippen molar-refractivity contribution in [3.8, 4) is 0 Å². The highest BCUT2D eigenvalue weighted by molar-refractivity contribution is 6.12. The standard InChI is InChI=1S/C22H30N2O8/c1-21(2,3)31-19(27)24(20(28)32-22(4,5)6)16-12-10-9-11-14(16)23-15(18(26)30-8)13-17(25)29-7/h9-13,23H,1-8H3/b15-13+. The predicted molar refractivity (Wildman–Crippen MR) is 117 cm³/mol. The first-order chi connectivity index (χ1) is 14.7. The Labute approximate surface area is 187 Å². The molecule has 10 heteroatoms. The van der Waals surface area contributed by atoms with Crippen LogP contribution in [0.25, 0.3) is 0 Å². The first kappa shape index (κ1) is 26.5. The van der Waals surface area contributed by atoms with E-state index in [1.165, 1.54) is 12.1 Å². The van der Waals surface area contributed by atoms with Crippen molar-refractivity contribution in [2.75, 3.05) is 24.4 Å². The fourth-order valence-electron chi connectivity index (χ4n) is 2.24. The van der Waals surface area contributed by atoms with Crippen LogP contribution < -0.4 is 10.2 Å². The number of rotatable bonds is 5. The van der Waals surface area contributed by atoms with Crippen LogP contribution in [-0.2, 0) is 28.5 Å². The number of hydrogen-bond donors (Lipinski definition) is 1. The van der Waals surface area contributed by atoms with E-state index in [9.17, 15) is 19.2 Å². The molecule has 1 aromatic rings. The number of imide groups is 1. The third-order valence-corrected chi connectivity index (χ3v) is 3.44. The second-order valence-electron chi connectivity index (χ2n) is 8.51. The summed E-state index contributed by atoms with van der Waals surface area (Å²) >= 11 is 0. The first-order valence-electron chi connectivity index (χ1n) is 9.68. The topological polar surface area (TPSA) is 120 Å². The van der Waals surface area contributed by atoms with Crippen LogP contribution in [0.15, 0.2) is 36.0 Å². The molecule has 32 heavy (non-hydrogen) atoms. The quantitative estimate of drug-likeness (QED) is 0.403. The number of esters is 2. The molecule has 0 aliphatic carbocycles. The van der Waals surface area contributed by atoms with Crippen molar-refractivity contribution in [2.24, 2.45) is 0 Å². The number of anilines is 2. The van der Waals surface area contributed by atoms with E-state index in [1.54, 1.807) is 53.7 Å². The van der Waals surface area contributed by atoms with Crippen molar-refractivity contribution < 1.29 is 38.1 Å². The number of carbonyl (C=O) groups is 4. The fourth-order valence-corrected chi connectivity index (χ4v) is 2.24. The molecule has 0 fully saturated rings. The van der Waals surface area contributed by atoms with E-state index in [2.05, 4.69) is 14.8 Å². The van der Waals surface area contributed by atoms with Crippen molar-refractivity contribution in [1.82, 2.24) is 0 Å². The molecule has 0 heterocycles. The minimum absolute atomic E-state index is 0.0238. The summed E-state index contributed by atoms with van der Waals surface area (Å²) in [5, 5.41) is 2.71. The zero-order valence-corrected chi connectivity index (χ0v) is 19.6. The van der Waals surface area contributed by atoms with Crippen LogP contribution in [0.5, 0.6) is 0 Å². The normalized spacial score (nSPS) is 11.8. The number of benzene rings is 1. The number of para-hydroxylation sites is 2. The minimum atomic E-state index is -0.988. The van der Waals surface area contributed by atoms with Crippen LogP contribution >= 0.6 is 0 Å². The summed E-state index contributed by atoms with van der Waals surface area (Å²) in [7, 11) is 2.28. The molecule has 1 N–H and O–H groups in total. The van der Waals surface area contributed by atoms with Gasteiger partial charge in [0.15, 0.2) is 0 Å². The third kappa shape index (κ3) is 8.29. The van der Waals surface area contributed by atoms with Gasteiger partial charge in [0, 0.05) is 0 Å². The van der Waals surface area contributed by atoms with Gasteiger partial charge in [-0.15, -0.1) is 0 Å². The molecule has 176 valence electrons. The lowest BCUT2D eigenvalue weighted by Gasteiger charge is -2.29. The highest BCUT2D eigenvalue weighted by atomic mass is 16.6. The van der Waals surface area contributed by atoms with Gasteiger partial charge >= 0.3 is 24.1 Å². The molecule has 0 unspecified atom stereocenters. The van der Waals surface area contributed by atoms with Crippen molar-refractivity contribution in [3.05, 3.63) is 36.0 Å². The van der Waals surface area contributed by atoms with Gasteiger partial charge in [-0.1, -0.05) is 12.1 Å². The van der Waals surface area contributed by atoms with E-state index in [1.807, 2.05) is 0 Å². The largest absolute Gasteiger partial charge is 0.466 e. The lowest BCUT2D eigenvalue weighted by atomic mass is 10.2. The average Bonchev–Trinajstić information content (AvgIpc) is 2.65. The molecule has 1 aromatic carbocycles. The van der Waals surface area contributed by atoms with Gasteiger partial charge in [-0.25, -0.2) is 19.2 Å². The Morgan fingerprint density at radius 3 is 1.78 bits per heavy atom. The molecular formula is C22H30N2O8. The van der Waals surface area contributed by atoms with Gasteiger partial charge in [0.2, 0.25) is 0 Å². The lowest BCUT2D eigenvalue weighted by Crippen LogP contribution is -2.44. The Kier molecular flexibility index (Phi) is 8.81. The summed E-state index contributed by atoms with van der Waals surface area (Å²) in [4.78, 5) is 50.4. The van der Waals surface area contributed by atoms with Crippen molar-refractivity contribution in [2.45, 2.75) is 52.7 Å². The predicted octanol–water partition coefficient (Wildman–Crippen LogP) is 4.01. The summed E-state index contributed by atoms with van der Waals surface area (Å²) in [6.07, 6.45) is -1.09. The fraction of sp³-hybridized carbons (Fsp3) is 0.455. The van der Waals surface area contributed by atoms with Gasteiger partial charge in [0.05, 0.1) is 31.7 Å². The van der Waals surface area contributed by atoms with Gasteiger partial charge < -0.3 is 24.3 Å². The molecule has 0 aromatic heterocycles. The molecule has 0 aliphatic rings. The number of hydrogen-bond acceptors (Lipinski definition) is 9. The molecule has 0 saturated carbocycles. The number of nitrogens with one attached hydrogen (secondary N) is 1. The van der Waals surface area contributed by atoms with E-state index >= 15 is 0 Å². The first-order valence-corrected chi connectivity index (χ1v) is 9.68. The SMILES string of the molecule is COC(=O)/C=C(/Nc1ccccc1N(C(=O)OC(C)(C)C)C(=O)OC(C)(C)C)C(=O)OC. The molecule has 1 rings (SSSR count). The van der Waals surface area contributed by atoms with Gasteiger partial charge in [0.25, 0.3) is 0 Å². The number of carbonyl (C=O) groups excluding carboxylic acids is 4. The van der Waals surface area contributed by atoms with E-state index in [-0.39, 0.29) is 17.1 Å². The molecule has 0 spiro atoms. The molecule has 0 atom stereocenters. The van der Waals surface area contributed by atoms with Crippen LogP contribution in [0.3, 0.4) is 0 Å². The Balaban J connectivity index is 3.53. The molecule has 0 radical (unpaired) electrons. The monoisotopic (exact) mass is 450 g/mol. The van der Waals surface area contributed by atoms with Crippen LogP contribution in [0.2, 0.25) is 0 Å². The average molecular weight is 450 g/mol. The van der Waals surface area contributed by atoms with E-state index in [4.69, 9.17) is 9.47 Å². The Morgan fingerprint density at radius 2 is 1.34 bits per heavy atom. The molecule has 0 saturated heterocycles. The summed E-state index contributed by atoms with van der Waals surface area (Å²) in [6, 6.07) is 6.11. The van der Waals surface area contributed by atoms with Crippen molar-refractivity contribution in [1.29, 1.82) is 0 Å². The van der Waals surface area contributed by atoms with Gasteiger partial charge in [-0.3, -0.25) is 0 Å². The van der Waals surface area contributed by atoms with E-state index < -0.39 is 35.3 Å². The number of ether oxygens (including phenoxy) is 4. The maximum Gasteiger partial charge on any atom is 0.424 e. The Bertz CT molecular complexity index is 866. The maximum atomic E-state index is 12.9. The van der Waals surface area contributed by atoms with Crippen LogP contribution in [0.1, 0.15) is 41.5 Å². The number of methoxy groups -OCH3 is 2. The highest BCUT2D eigenvalue weighted by Gasteiger charge is 2.34. The Morgan fingerprint density at radius 1 is 0.844 bits per heavy atom. The lowest BCUT2D eigenvalue weighted by molar-refractivity contribution is -0.138. The molecule has 2 amide bonds. The Hall–Kier alpha value is -3.56. The smallest absolute Gasteiger partial charge is 0.424 e. The molecule has 0 aliphatic heterocycles. The number of amides is 2. The third-order valence-electron chi connectivity index (χ3n) is 3.44. The number of nitrogens with zero attached hydrogens (tertiary/aromatic N) is 1. The maximum absolute atomic E-state index is 12.9. The van der Waals surface area contributed by atoms with E-state index in [0.29, 0.717) is 4.90 Å². The summed E-state index contributed by atoms with van der Waals surface area (Å²) in [6.45, 7) is 9.90. The minimum Gasteiger partial charge on any atom is -0.466 e. The summed E-state index contributed by atoms with van der Waals surface area (Å²) in [5.74, 6) is -1.68. The van der Waals surface area contributed by atoms with Crippen LogP contribution in [0, 0.1) is 0 Å². The molecular weight excluding hydrogens is 420 g/mol. The van der Waals surface area contributed by atoms with E-state index in [0.717, 1.165) is 20.3 Å². The van der Waals surface area contributed by atoms with Crippen LogP contribution in [-0.4, -0.2) is 49.5 Å². The zero-order chi connectivity index (χ0) is 24.7. The molecule has 0 bridgehead atoms.